The summed E-state index contributed by atoms with van der Waals surface area (Å²) in [7, 11) is 0. The molecule has 0 aliphatic carbocycles. The van der Waals surface area contributed by atoms with Gasteiger partial charge < -0.3 is 5.32 Å². The second-order valence-electron chi connectivity index (χ2n) is 3.62. The van der Waals surface area contributed by atoms with Crippen molar-refractivity contribution >= 4 is 23.5 Å². The molecule has 0 aliphatic rings. The van der Waals surface area contributed by atoms with E-state index in [4.69, 9.17) is 0 Å². The molecule has 3 heteroatoms. The van der Waals surface area contributed by atoms with Crippen LogP contribution >= 0.6 is 23.5 Å². The van der Waals surface area contributed by atoms with Gasteiger partial charge in [0.25, 0.3) is 0 Å². The lowest BCUT2D eigenvalue weighted by atomic mass is 10.0. The number of nitrogens with one attached hydrogen (secondary N) is 1. The van der Waals surface area contributed by atoms with E-state index in [2.05, 4.69) is 31.7 Å². The van der Waals surface area contributed by atoms with Crippen molar-refractivity contribution in [1.82, 2.24) is 5.32 Å². The zero-order valence-electron chi connectivity index (χ0n) is 10.1. The van der Waals surface area contributed by atoms with Crippen LogP contribution in [-0.2, 0) is 0 Å². The molecule has 0 spiro atoms. The lowest BCUT2D eigenvalue weighted by molar-refractivity contribution is 0.496. The van der Waals surface area contributed by atoms with Gasteiger partial charge >= 0.3 is 0 Å². The van der Waals surface area contributed by atoms with Crippen LogP contribution in [0.3, 0.4) is 0 Å². The van der Waals surface area contributed by atoms with Gasteiger partial charge in [-0.15, -0.1) is 0 Å². The molecule has 0 aromatic rings. The molecule has 14 heavy (non-hydrogen) atoms. The first kappa shape index (κ1) is 14.7. The predicted octanol–water partition coefficient (Wildman–Crippen LogP) is 3.25. The molecule has 1 nitrogen and oxygen atoms in total. The van der Waals surface area contributed by atoms with Gasteiger partial charge in [0.1, 0.15) is 0 Å². The van der Waals surface area contributed by atoms with Gasteiger partial charge in [0.2, 0.25) is 0 Å². The molecule has 1 N–H and O–H groups in total. The van der Waals surface area contributed by atoms with Crippen LogP contribution in [0, 0.1) is 0 Å². The SMILES string of the molecule is CCC(CC)(CNCCCSC)SC. The lowest BCUT2D eigenvalue weighted by Crippen LogP contribution is -2.37. The molecule has 0 aliphatic heterocycles. The average Bonchev–Trinajstić information content (AvgIpc) is 2.24. The van der Waals surface area contributed by atoms with E-state index in [1.54, 1.807) is 0 Å². The minimum Gasteiger partial charge on any atom is -0.315 e. The maximum absolute atomic E-state index is 3.58. The van der Waals surface area contributed by atoms with Crippen molar-refractivity contribution in [3.63, 3.8) is 0 Å². The van der Waals surface area contributed by atoms with Gasteiger partial charge in [-0.1, -0.05) is 13.8 Å². The third-order valence-corrected chi connectivity index (χ3v) is 5.16. The molecule has 0 aromatic heterocycles. The second kappa shape index (κ2) is 8.93. The Morgan fingerprint density at radius 1 is 1.14 bits per heavy atom. The number of thioether (sulfide) groups is 2. The molecule has 0 aromatic carbocycles. The van der Waals surface area contributed by atoms with Crippen molar-refractivity contribution in [3.05, 3.63) is 0 Å². The van der Waals surface area contributed by atoms with Gasteiger partial charge in [0.05, 0.1) is 0 Å². The fourth-order valence-corrected chi connectivity index (χ4v) is 2.78. The Morgan fingerprint density at radius 3 is 2.21 bits per heavy atom. The van der Waals surface area contributed by atoms with E-state index in [9.17, 15) is 0 Å². The standard InChI is InChI=1S/C11H25NS2/c1-5-11(6-2,14-4)10-12-8-7-9-13-3/h12H,5-10H2,1-4H3. The van der Waals surface area contributed by atoms with E-state index in [1.165, 1.54) is 31.6 Å². The Labute approximate surface area is 98.2 Å². The van der Waals surface area contributed by atoms with E-state index >= 15 is 0 Å². The van der Waals surface area contributed by atoms with Crippen LogP contribution in [0.1, 0.15) is 33.1 Å². The molecule has 0 saturated heterocycles. The summed E-state index contributed by atoms with van der Waals surface area (Å²) < 4.78 is 0.472. The zero-order chi connectivity index (χ0) is 10.9. The van der Waals surface area contributed by atoms with Gasteiger partial charge in [0, 0.05) is 11.3 Å². The summed E-state index contributed by atoms with van der Waals surface area (Å²) in [6.45, 7) is 6.92. The first-order valence-corrected chi connectivity index (χ1v) is 8.11. The molecule has 0 amide bonds. The molecular weight excluding hydrogens is 210 g/mol. The average molecular weight is 235 g/mol. The van der Waals surface area contributed by atoms with Crippen LogP contribution < -0.4 is 5.32 Å². The van der Waals surface area contributed by atoms with Crippen molar-refractivity contribution in [1.29, 1.82) is 0 Å². The molecule has 0 rings (SSSR count). The predicted molar refractivity (Wildman–Crippen MR) is 72.7 cm³/mol. The van der Waals surface area contributed by atoms with Gasteiger partial charge in [0.15, 0.2) is 0 Å². The Kier molecular flexibility index (Phi) is 9.35. The minimum atomic E-state index is 0.472. The number of hydrogen-bond acceptors (Lipinski definition) is 3. The largest absolute Gasteiger partial charge is 0.315 e. The summed E-state index contributed by atoms with van der Waals surface area (Å²) in [4.78, 5) is 0. The van der Waals surface area contributed by atoms with E-state index in [-0.39, 0.29) is 0 Å². The van der Waals surface area contributed by atoms with Crippen molar-refractivity contribution in [2.75, 3.05) is 31.4 Å². The first-order chi connectivity index (χ1) is 6.74. The molecule has 0 heterocycles. The Bertz CT molecular complexity index is 116. The molecule has 0 saturated carbocycles. The van der Waals surface area contributed by atoms with E-state index in [0.29, 0.717) is 4.75 Å². The van der Waals surface area contributed by atoms with E-state index in [1.807, 2.05) is 23.5 Å². The van der Waals surface area contributed by atoms with Crippen molar-refractivity contribution in [3.8, 4) is 0 Å². The number of hydrogen-bond donors (Lipinski definition) is 1. The molecule has 0 fully saturated rings. The normalized spacial score (nSPS) is 12.0. The van der Waals surface area contributed by atoms with E-state index in [0.717, 1.165) is 6.54 Å². The molecule has 0 atom stereocenters. The van der Waals surface area contributed by atoms with Crippen LogP contribution in [0.2, 0.25) is 0 Å². The fourth-order valence-electron chi connectivity index (χ4n) is 1.52. The van der Waals surface area contributed by atoms with Crippen LogP contribution in [0.25, 0.3) is 0 Å². The highest BCUT2D eigenvalue weighted by atomic mass is 32.2. The van der Waals surface area contributed by atoms with Crippen LogP contribution in [0.5, 0.6) is 0 Å². The van der Waals surface area contributed by atoms with Crippen LogP contribution in [0.4, 0.5) is 0 Å². The van der Waals surface area contributed by atoms with Gasteiger partial charge in [-0.05, 0) is 44.1 Å². The monoisotopic (exact) mass is 235 g/mol. The summed E-state index contributed by atoms with van der Waals surface area (Å²) in [5.41, 5.74) is 0. The summed E-state index contributed by atoms with van der Waals surface area (Å²) in [5.74, 6) is 1.28. The van der Waals surface area contributed by atoms with Gasteiger partial charge in [-0.2, -0.15) is 23.5 Å². The van der Waals surface area contributed by atoms with Gasteiger partial charge in [-0.25, -0.2) is 0 Å². The third-order valence-electron chi connectivity index (χ3n) is 2.87. The van der Waals surface area contributed by atoms with E-state index < -0.39 is 0 Å². The smallest absolute Gasteiger partial charge is 0.0276 e. The zero-order valence-corrected chi connectivity index (χ0v) is 11.7. The highest BCUT2D eigenvalue weighted by molar-refractivity contribution is 8.00. The summed E-state index contributed by atoms with van der Waals surface area (Å²) >= 11 is 3.95. The third kappa shape index (κ3) is 5.52. The maximum Gasteiger partial charge on any atom is 0.0276 e. The van der Waals surface area contributed by atoms with Crippen molar-refractivity contribution in [2.24, 2.45) is 0 Å². The first-order valence-electron chi connectivity index (χ1n) is 5.49. The number of rotatable bonds is 9. The second-order valence-corrected chi connectivity index (χ2v) is 5.88. The van der Waals surface area contributed by atoms with Crippen LogP contribution in [0.15, 0.2) is 0 Å². The summed E-state index contributed by atoms with van der Waals surface area (Å²) in [5, 5.41) is 3.58. The molecule has 0 unspecified atom stereocenters. The highest BCUT2D eigenvalue weighted by Gasteiger charge is 2.23. The van der Waals surface area contributed by atoms with Crippen molar-refractivity contribution in [2.45, 2.75) is 37.9 Å². The maximum atomic E-state index is 3.58. The molecule has 0 radical (unpaired) electrons. The highest BCUT2D eigenvalue weighted by Crippen LogP contribution is 2.29. The van der Waals surface area contributed by atoms with Crippen molar-refractivity contribution < 1.29 is 0 Å². The Morgan fingerprint density at radius 2 is 1.79 bits per heavy atom. The minimum absolute atomic E-state index is 0.472. The molecular formula is C11H25NS2. The molecule has 0 bridgehead atoms. The van der Waals surface area contributed by atoms with Gasteiger partial charge in [-0.3, -0.25) is 0 Å². The summed E-state index contributed by atoms with van der Waals surface area (Å²) in [6.07, 6.45) is 8.22. The Hall–Kier alpha value is 0.660. The van der Waals surface area contributed by atoms with Crippen LogP contribution in [-0.4, -0.2) is 36.1 Å². The lowest BCUT2D eigenvalue weighted by Gasteiger charge is -2.30. The Balaban J connectivity index is 3.61. The quantitative estimate of drug-likeness (QED) is 0.616. The topological polar surface area (TPSA) is 12.0 Å². The fraction of sp³-hybridized carbons (Fsp3) is 1.00. The molecule has 86 valence electrons. The summed E-state index contributed by atoms with van der Waals surface area (Å²) in [6, 6.07) is 0.